The van der Waals surface area contributed by atoms with Crippen molar-refractivity contribution in [1.82, 2.24) is 4.90 Å². The van der Waals surface area contributed by atoms with Crippen molar-refractivity contribution in [3.05, 3.63) is 88.8 Å². The van der Waals surface area contributed by atoms with E-state index in [2.05, 4.69) is 13.2 Å². The molecule has 4 nitrogen and oxygen atoms in total. The number of carbonyl (C=O) groups is 1. The number of halogens is 1. The third-order valence-electron chi connectivity index (χ3n) is 4.38. The second kappa shape index (κ2) is 11.2. The van der Waals surface area contributed by atoms with Gasteiger partial charge in [0.2, 0.25) is 0 Å². The largest absolute Gasteiger partial charge is 0.490 e. The molecule has 0 bridgehead atoms. The minimum Gasteiger partial charge on any atom is -0.490 e. The van der Waals surface area contributed by atoms with Crippen molar-refractivity contribution in [2.75, 3.05) is 19.8 Å². The van der Waals surface area contributed by atoms with Gasteiger partial charge in [-0.05, 0) is 42.3 Å². The van der Waals surface area contributed by atoms with Crippen molar-refractivity contribution >= 4 is 51.9 Å². The summed E-state index contributed by atoms with van der Waals surface area (Å²) in [6, 6.07) is 13.1. The van der Waals surface area contributed by atoms with E-state index in [4.69, 9.17) is 33.3 Å². The molecule has 1 amide bonds. The fourth-order valence-corrected chi connectivity index (χ4v) is 4.41. The fraction of sp³-hybridized carbons (Fsp3) is 0.167. The lowest BCUT2D eigenvalue weighted by Gasteiger charge is -2.13. The van der Waals surface area contributed by atoms with Crippen LogP contribution in [0.15, 0.2) is 72.7 Å². The normalized spacial score (nSPS) is 14.7. The van der Waals surface area contributed by atoms with Gasteiger partial charge in [0.05, 0.1) is 4.91 Å². The first kappa shape index (κ1) is 23.1. The third kappa shape index (κ3) is 6.00. The van der Waals surface area contributed by atoms with Gasteiger partial charge in [-0.1, -0.05) is 65.9 Å². The highest BCUT2D eigenvalue weighted by molar-refractivity contribution is 8.26. The zero-order valence-electron chi connectivity index (χ0n) is 16.9. The molecule has 1 aliphatic heterocycles. The number of thiocarbonyl (C=S) groups is 1. The number of rotatable bonds is 10. The molecule has 1 saturated heterocycles. The van der Waals surface area contributed by atoms with Gasteiger partial charge in [0.15, 0.2) is 0 Å². The van der Waals surface area contributed by atoms with Crippen LogP contribution in [0.1, 0.15) is 11.1 Å². The molecule has 2 aromatic rings. The van der Waals surface area contributed by atoms with Gasteiger partial charge in [-0.15, -0.1) is 13.2 Å². The highest BCUT2D eigenvalue weighted by atomic mass is 35.5. The molecule has 1 heterocycles. The smallest absolute Gasteiger partial charge is 0.266 e. The van der Waals surface area contributed by atoms with Crippen molar-refractivity contribution < 1.29 is 14.3 Å². The molecule has 1 aliphatic rings. The van der Waals surface area contributed by atoms with E-state index in [-0.39, 0.29) is 5.91 Å². The maximum atomic E-state index is 12.6. The molecule has 0 unspecified atom stereocenters. The average Bonchev–Trinajstić information content (AvgIpc) is 3.01. The number of benzene rings is 2. The number of hydrogen-bond acceptors (Lipinski definition) is 5. The van der Waals surface area contributed by atoms with Crippen LogP contribution in [0.3, 0.4) is 0 Å². The van der Waals surface area contributed by atoms with Gasteiger partial charge >= 0.3 is 0 Å². The van der Waals surface area contributed by atoms with E-state index in [0.29, 0.717) is 45.3 Å². The van der Waals surface area contributed by atoms with E-state index in [1.165, 1.54) is 16.7 Å². The number of allylic oxidation sites excluding steroid dienone is 1. The Kier molecular flexibility index (Phi) is 8.35. The summed E-state index contributed by atoms with van der Waals surface area (Å²) in [7, 11) is 0. The van der Waals surface area contributed by atoms with Crippen LogP contribution >= 0.6 is 35.6 Å². The molecule has 2 aromatic carbocycles. The summed E-state index contributed by atoms with van der Waals surface area (Å²) in [6.07, 6.45) is 5.98. The van der Waals surface area contributed by atoms with Crippen LogP contribution in [0.25, 0.3) is 6.08 Å². The first-order valence-electron chi connectivity index (χ1n) is 9.63. The number of thioether (sulfide) groups is 1. The van der Waals surface area contributed by atoms with E-state index in [1.54, 1.807) is 30.4 Å². The molecule has 3 rings (SSSR count). The van der Waals surface area contributed by atoms with Crippen LogP contribution in [-0.4, -0.2) is 34.9 Å². The monoisotopic (exact) mass is 471 g/mol. The Balaban J connectivity index is 1.68. The number of hydrogen-bond donors (Lipinski definition) is 0. The Hall–Kier alpha value is -2.54. The molecule has 0 radical (unpaired) electrons. The number of para-hydroxylation sites is 1. The quantitative estimate of drug-likeness (QED) is 0.186. The summed E-state index contributed by atoms with van der Waals surface area (Å²) in [6.45, 7) is 8.54. The van der Waals surface area contributed by atoms with Gasteiger partial charge in [0, 0.05) is 17.1 Å². The third-order valence-corrected chi connectivity index (χ3v) is 5.99. The summed E-state index contributed by atoms with van der Waals surface area (Å²) in [5.41, 5.74) is 1.78. The molecule has 0 aromatic heterocycles. The number of nitrogens with zero attached hydrogens (tertiary/aromatic N) is 1. The molecule has 31 heavy (non-hydrogen) atoms. The van der Waals surface area contributed by atoms with Gasteiger partial charge in [0.1, 0.15) is 29.0 Å². The Morgan fingerprint density at radius 2 is 1.81 bits per heavy atom. The van der Waals surface area contributed by atoms with Crippen LogP contribution in [-0.2, 0) is 11.2 Å². The van der Waals surface area contributed by atoms with Gasteiger partial charge in [-0.25, -0.2) is 0 Å². The minimum atomic E-state index is -0.150. The van der Waals surface area contributed by atoms with Crippen LogP contribution < -0.4 is 9.47 Å². The van der Waals surface area contributed by atoms with E-state index in [0.717, 1.165) is 17.7 Å². The van der Waals surface area contributed by atoms with E-state index in [1.807, 2.05) is 30.3 Å². The number of amides is 1. The Labute approximate surface area is 197 Å². The van der Waals surface area contributed by atoms with Gasteiger partial charge in [-0.3, -0.25) is 9.69 Å². The molecule has 1 fully saturated rings. The Bertz CT molecular complexity index is 1040. The number of ether oxygens (including phenoxy) is 2. The summed E-state index contributed by atoms with van der Waals surface area (Å²) >= 11 is 12.7. The van der Waals surface area contributed by atoms with Gasteiger partial charge in [-0.2, -0.15) is 0 Å². The Morgan fingerprint density at radius 1 is 1.06 bits per heavy atom. The second-order valence-corrected chi connectivity index (χ2v) is 8.67. The van der Waals surface area contributed by atoms with E-state index in [9.17, 15) is 4.79 Å². The average molecular weight is 472 g/mol. The van der Waals surface area contributed by atoms with E-state index < -0.39 is 0 Å². The van der Waals surface area contributed by atoms with Crippen LogP contribution in [0, 0.1) is 0 Å². The summed E-state index contributed by atoms with van der Waals surface area (Å²) in [5, 5.41) is 0.551. The predicted octanol–water partition coefficient (Wildman–Crippen LogP) is 5.91. The lowest BCUT2D eigenvalue weighted by Crippen LogP contribution is -2.27. The highest BCUT2D eigenvalue weighted by Gasteiger charge is 2.31. The summed E-state index contributed by atoms with van der Waals surface area (Å²) < 4.78 is 12.3. The van der Waals surface area contributed by atoms with Crippen molar-refractivity contribution in [3.8, 4) is 11.5 Å². The van der Waals surface area contributed by atoms with Crippen molar-refractivity contribution in [2.45, 2.75) is 6.42 Å². The molecule has 0 saturated carbocycles. The summed E-state index contributed by atoms with van der Waals surface area (Å²) in [5.74, 6) is 1.28. The molecular formula is C24H22ClNO3S2. The van der Waals surface area contributed by atoms with Crippen LogP contribution in [0.2, 0.25) is 5.02 Å². The minimum absolute atomic E-state index is 0.150. The molecule has 0 N–H and O–H groups in total. The highest BCUT2D eigenvalue weighted by Crippen LogP contribution is 2.35. The number of carbonyl (C=O) groups excluding carboxylic acids is 1. The molecule has 160 valence electrons. The SMILES string of the molecule is C=CCc1ccccc1OCCOc1ccc(Cl)cc1/C=C1\SC(=S)N(CC=C)C1=O. The Morgan fingerprint density at radius 3 is 2.55 bits per heavy atom. The molecule has 7 heteroatoms. The molecular weight excluding hydrogens is 450 g/mol. The van der Waals surface area contributed by atoms with Crippen molar-refractivity contribution in [1.29, 1.82) is 0 Å². The topological polar surface area (TPSA) is 38.8 Å². The van der Waals surface area contributed by atoms with Crippen LogP contribution in [0.5, 0.6) is 11.5 Å². The zero-order valence-corrected chi connectivity index (χ0v) is 19.3. The second-order valence-electron chi connectivity index (χ2n) is 6.56. The first-order chi connectivity index (χ1) is 15.0. The molecule has 0 spiro atoms. The van der Waals surface area contributed by atoms with Gasteiger partial charge in [0.25, 0.3) is 5.91 Å². The van der Waals surface area contributed by atoms with Gasteiger partial charge < -0.3 is 9.47 Å². The van der Waals surface area contributed by atoms with Crippen LogP contribution in [0.4, 0.5) is 0 Å². The lowest BCUT2D eigenvalue weighted by atomic mass is 10.1. The van der Waals surface area contributed by atoms with Crippen molar-refractivity contribution in [2.24, 2.45) is 0 Å². The predicted molar refractivity (Wildman–Crippen MR) is 133 cm³/mol. The molecule has 0 atom stereocenters. The van der Waals surface area contributed by atoms with Crippen molar-refractivity contribution in [3.63, 3.8) is 0 Å². The zero-order chi connectivity index (χ0) is 22.2. The lowest BCUT2D eigenvalue weighted by molar-refractivity contribution is -0.121. The maximum Gasteiger partial charge on any atom is 0.266 e. The molecule has 0 aliphatic carbocycles. The summed E-state index contributed by atoms with van der Waals surface area (Å²) in [4.78, 5) is 14.6. The van der Waals surface area contributed by atoms with E-state index >= 15 is 0 Å². The first-order valence-corrected chi connectivity index (χ1v) is 11.2. The fourth-order valence-electron chi connectivity index (χ4n) is 2.96. The maximum absolute atomic E-state index is 12.6. The standard InChI is InChI=1S/C24H22ClNO3S2/c1-3-7-17-8-5-6-9-20(17)28-13-14-29-21-11-10-19(25)15-18(21)16-22-23(27)26(12-4-2)24(30)31-22/h3-6,8-11,15-16H,1-2,7,12-14H2/b22-16-.